The molecule has 0 radical (unpaired) electrons. The molecule has 1 amide bonds. The molecular weight excluding hydrogens is 461 g/mol. The van der Waals surface area contributed by atoms with E-state index in [1.807, 2.05) is 17.0 Å². The number of hydrogen-bond acceptors (Lipinski definition) is 5. The second-order valence-electron chi connectivity index (χ2n) is 9.05. The van der Waals surface area contributed by atoms with Gasteiger partial charge in [0.2, 0.25) is 22.7 Å². The number of nitrogens with one attached hydrogen (secondary N) is 1. The Hall–Kier alpha value is -2.69. The summed E-state index contributed by atoms with van der Waals surface area (Å²) in [5, 5.41) is 0. The molecule has 0 spiro atoms. The van der Waals surface area contributed by atoms with E-state index in [1.54, 1.807) is 0 Å². The highest BCUT2D eigenvalue weighted by Crippen LogP contribution is 2.32. The highest BCUT2D eigenvalue weighted by Gasteiger charge is 2.36. The first-order chi connectivity index (χ1) is 16.4. The molecule has 2 aromatic rings. The van der Waals surface area contributed by atoms with Crippen molar-refractivity contribution >= 4 is 15.9 Å². The van der Waals surface area contributed by atoms with E-state index in [0.29, 0.717) is 25.9 Å². The lowest BCUT2D eigenvalue weighted by Crippen LogP contribution is -3.13. The van der Waals surface area contributed by atoms with Crippen LogP contribution in [0.15, 0.2) is 47.4 Å². The third kappa shape index (κ3) is 4.62. The lowest BCUT2D eigenvalue weighted by atomic mass is 9.96. The van der Waals surface area contributed by atoms with Crippen molar-refractivity contribution in [3.63, 3.8) is 0 Å². The van der Waals surface area contributed by atoms with E-state index in [0.717, 1.165) is 37.2 Å². The molecule has 5 rings (SSSR count). The van der Waals surface area contributed by atoms with E-state index >= 15 is 0 Å². The van der Waals surface area contributed by atoms with Gasteiger partial charge in [-0.3, -0.25) is 4.79 Å². The minimum Gasteiger partial charge on any atom is -0.454 e. The summed E-state index contributed by atoms with van der Waals surface area (Å²) in [4.78, 5) is 16.1. The van der Waals surface area contributed by atoms with Crippen molar-refractivity contribution in [3.05, 3.63) is 53.8 Å². The van der Waals surface area contributed by atoms with Crippen molar-refractivity contribution in [1.82, 2.24) is 9.21 Å². The van der Waals surface area contributed by atoms with Gasteiger partial charge in [-0.1, -0.05) is 12.1 Å². The normalized spacial score (nSPS) is 20.0. The Morgan fingerprint density at radius 1 is 1.00 bits per heavy atom. The quantitative estimate of drug-likeness (QED) is 0.673. The van der Waals surface area contributed by atoms with Gasteiger partial charge in [-0.15, -0.1) is 0 Å². The summed E-state index contributed by atoms with van der Waals surface area (Å²) >= 11 is 0. The van der Waals surface area contributed by atoms with Crippen LogP contribution in [0.5, 0.6) is 11.5 Å². The Labute approximate surface area is 198 Å². The van der Waals surface area contributed by atoms with Gasteiger partial charge in [-0.05, 0) is 43.2 Å². The predicted octanol–water partition coefficient (Wildman–Crippen LogP) is 0.882. The smallest absolute Gasteiger partial charge is 0.245 e. The number of nitrogens with zero attached hydrogens (tertiary/aromatic N) is 2. The number of piperazine rings is 1. The van der Waals surface area contributed by atoms with Crippen LogP contribution < -0.4 is 14.4 Å². The summed E-state index contributed by atoms with van der Waals surface area (Å²) in [5.41, 5.74) is 1.18. The molecule has 0 saturated carbocycles. The Kier molecular flexibility index (Phi) is 6.46. The number of fused-ring (bicyclic) bond motifs is 1. The average Bonchev–Trinajstić information content (AvgIpc) is 3.32. The SMILES string of the molecule is O=C(C1CCN(S(=O)(=O)c2ccccc2F)CC1)N1CC[NH+](Cc2ccc3c(c2)OCO3)CC1. The number of halogens is 1. The fourth-order valence-corrected chi connectivity index (χ4v) is 6.49. The third-order valence-corrected chi connectivity index (χ3v) is 8.86. The number of quaternary nitrogens is 1. The van der Waals surface area contributed by atoms with Gasteiger partial charge >= 0.3 is 0 Å². The highest BCUT2D eigenvalue weighted by molar-refractivity contribution is 7.89. The van der Waals surface area contributed by atoms with Crippen LogP contribution in [-0.4, -0.2) is 69.6 Å². The summed E-state index contributed by atoms with van der Waals surface area (Å²) in [6.07, 6.45) is 0.910. The number of hydrogen-bond donors (Lipinski definition) is 1. The van der Waals surface area contributed by atoms with Crippen molar-refractivity contribution in [3.8, 4) is 11.5 Å². The fourth-order valence-electron chi connectivity index (χ4n) is 4.95. The number of ether oxygens (including phenoxy) is 2. The zero-order valence-corrected chi connectivity index (χ0v) is 19.7. The van der Waals surface area contributed by atoms with Crippen LogP contribution in [0.2, 0.25) is 0 Å². The fraction of sp³-hybridized carbons (Fsp3) is 0.458. The van der Waals surface area contributed by atoms with Gasteiger partial charge < -0.3 is 19.3 Å². The Balaban J connectivity index is 1.12. The maximum absolute atomic E-state index is 14.0. The van der Waals surface area contributed by atoms with E-state index < -0.39 is 15.8 Å². The monoisotopic (exact) mass is 490 g/mol. The Morgan fingerprint density at radius 2 is 1.71 bits per heavy atom. The zero-order valence-electron chi connectivity index (χ0n) is 18.9. The molecular formula is C24H29FN3O5S+. The molecule has 10 heteroatoms. The number of rotatable bonds is 5. The van der Waals surface area contributed by atoms with Crippen LogP contribution in [0.4, 0.5) is 4.39 Å². The molecule has 0 aromatic heterocycles. The molecule has 1 N–H and O–H groups in total. The van der Waals surface area contributed by atoms with E-state index in [1.165, 1.54) is 33.0 Å². The number of amides is 1. The molecule has 8 nitrogen and oxygen atoms in total. The number of benzene rings is 2. The molecule has 0 aliphatic carbocycles. The highest BCUT2D eigenvalue weighted by atomic mass is 32.2. The minimum absolute atomic E-state index is 0.102. The first-order valence-corrected chi connectivity index (χ1v) is 13.1. The van der Waals surface area contributed by atoms with Crippen LogP contribution >= 0.6 is 0 Å². The van der Waals surface area contributed by atoms with Gasteiger partial charge in [0.1, 0.15) is 17.3 Å². The van der Waals surface area contributed by atoms with Gasteiger partial charge in [0.25, 0.3) is 0 Å². The molecule has 3 aliphatic rings. The van der Waals surface area contributed by atoms with E-state index in [-0.39, 0.29) is 36.6 Å². The van der Waals surface area contributed by atoms with Gasteiger partial charge in [0.05, 0.1) is 26.2 Å². The molecule has 34 heavy (non-hydrogen) atoms. The van der Waals surface area contributed by atoms with E-state index in [2.05, 4.69) is 6.07 Å². The largest absolute Gasteiger partial charge is 0.454 e. The minimum atomic E-state index is -3.89. The van der Waals surface area contributed by atoms with E-state index in [9.17, 15) is 17.6 Å². The van der Waals surface area contributed by atoms with Crippen LogP contribution in [-0.2, 0) is 21.4 Å². The van der Waals surface area contributed by atoms with Gasteiger partial charge in [0.15, 0.2) is 11.5 Å². The molecule has 3 aliphatic heterocycles. The number of piperidine rings is 1. The molecule has 2 aromatic carbocycles. The molecule has 0 bridgehead atoms. The summed E-state index contributed by atoms with van der Waals surface area (Å²) in [6.45, 7) is 4.68. The molecule has 0 atom stereocenters. The van der Waals surface area contributed by atoms with Crippen LogP contribution in [0.1, 0.15) is 18.4 Å². The van der Waals surface area contributed by atoms with E-state index in [4.69, 9.17) is 9.47 Å². The number of carbonyl (C=O) groups excluding carboxylic acids is 1. The molecule has 2 fully saturated rings. The van der Waals surface area contributed by atoms with Gasteiger partial charge in [-0.2, -0.15) is 4.31 Å². The standard InChI is InChI=1S/C24H28FN3O5S/c25-20-3-1-2-4-23(20)34(30,31)28-9-7-19(8-10-28)24(29)27-13-11-26(12-14-27)16-18-5-6-21-22(15-18)33-17-32-21/h1-6,15,19H,7-14,16-17H2/p+1. The van der Waals surface area contributed by atoms with Crippen molar-refractivity contribution in [2.75, 3.05) is 46.1 Å². The maximum Gasteiger partial charge on any atom is 0.245 e. The van der Waals surface area contributed by atoms with Crippen LogP contribution in [0.3, 0.4) is 0 Å². The second kappa shape index (κ2) is 9.52. The third-order valence-electron chi connectivity index (χ3n) is 6.93. The van der Waals surface area contributed by atoms with Crippen molar-refractivity contribution in [1.29, 1.82) is 0 Å². The lowest BCUT2D eigenvalue weighted by molar-refractivity contribution is -0.917. The summed E-state index contributed by atoms with van der Waals surface area (Å²) in [7, 11) is -3.89. The first kappa shape index (κ1) is 23.1. The van der Waals surface area contributed by atoms with Crippen molar-refractivity contribution in [2.45, 2.75) is 24.3 Å². The Bertz CT molecular complexity index is 1160. The molecule has 3 heterocycles. The topological polar surface area (TPSA) is 80.6 Å². The molecule has 182 valence electrons. The number of carbonyl (C=O) groups is 1. The van der Waals surface area contributed by atoms with Crippen LogP contribution in [0.25, 0.3) is 0 Å². The summed E-state index contributed by atoms with van der Waals surface area (Å²) in [5.74, 6) is 0.727. The van der Waals surface area contributed by atoms with Crippen LogP contribution in [0, 0.1) is 11.7 Å². The summed E-state index contributed by atoms with van der Waals surface area (Å²) in [6, 6.07) is 11.4. The predicted molar refractivity (Wildman–Crippen MR) is 121 cm³/mol. The lowest BCUT2D eigenvalue weighted by Gasteiger charge is -2.36. The average molecular weight is 491 g/mol. The van der Waals surface area contributed by atoms with Crippen molar-refractivity contribution in [2.24, 2.45) is 5.92 Å². The summed E-state index contributed by atoms with van der Waals surface area (Å²) < 4.78 is 51.8. The maximum atomic E-state index is 14.0. The zero-order chi connectivity index (χ0) is 23.7. The van der Waals surface area contributed by atoms with Gasteiger partial charge in [0, 0.05) is 24.6 Å². The second-order valence-corrected chi connectivity index (χ2v) is 11.0. The Morgan fingerprint density at radius 3 is 2.44 bits per heavy atom. The van der Waals surface area contributed by atoms with Gasteiger partial charge in [-0.25, -0.2) is 12.8 Å². The van der Waals surface area contributed by atoms with Crippen molar-refractivity contribution < 1.29 is 32.0 Å². The molecule has 2 saturated heterocycles. The number of sulfonamides is 1. The first-order valence-electron chi connectivity index (χ1n) is 11.7. The molecule has 0 unspecified atom stereocenters.